The second-order valence-corrected chi connectivity index (χ2v) is 10.5. The van der Waals surface area contributed by atoms with Crippen LogP contribution < -0.4 is 25.8 Å². The van der Waals surface area contributed by atoms with Crippen molar-refractivity contribution in [2.45, 2.75) is 6.18 Å². The van der Waals surface area contributed by atoms with E-state index in [9.17, 15) is 18.0 Å². The van der Waals surface area contributed by atoms with Crippen LogP contribution in [0.4, 0.5) is 35.0 Å². The number of anilines is 3. The van der Waals surface area contributed by atoms with Crippen LogP contribution in [0.2, 0.25) is 5.02 Å². The summed E-state index contributed by atoms with van der Waals surface area (Å²) >= 11 is 5.58. The van der Waals surface area contributed by atoms with Crippen molar-refractivity contribution in [2.24, 2.45) is 0 Å². The molecular formula is C32H21ClF3N11O5. The summed E-state index contributed by atoms with van der Waals surface area (Å²) < 4.78 is 59.4. The molecule has 4 heterocycles. The molecular weight excluding hydrogens is 711 g/mol. The summed E-state index contributed by atoms with van der Waals surface area (Å²) in [5.74, 6) is 2.31. The van der Waals surface area contributed by atoms with Gasteiger partial charge in [-0.05, 0) is 66.7 Å². The molecule has 4 N–H and O–H groups in total. The first-order valence-corrected chi connectivity index (χ1v) is 14.9. The monoisotopic (exact) mass is 731 g/mol. The van der Waals surface area contributed by atoms with Crippen LogP contribution in [0.3, 0.4) is 0 Å². The molecule has 7 aromatic rings. The molecule has 0 unspecified atom stereocenters. The van der Waals surface area contributed by atoms with E-state index in [2.05, 4.69) is 59.9 Å². The predicted molar refractivity (Wildman–Crippen MR) is 177 cm³/mol. The quantitative estimate of drug-likeness (QED) is 0.129. The van der Waals surface area contributed by atoms with Gasteiger partial charge in [-0.15, -0.1) is 0 Å². The van der Waals surface area contributed by atoms with Crippen molar-refractivity contribution in [2.75, 3.05) is 16.4 Å². The van der Waals surface area contributed by atoms with E-state index in [4.69, 9.17) is 26.8 Å². The number of rotatable bonds is 8. The molecule has 0 radical (unpaired) electrons. The van der Waals surface area contributed by atoms with Gasteiger partial charge in [0.05, 0.1) is 10.6 Å². The number of halogens is 4. The van der Waals surface area contributed by atoms with Crippen molar-refractivity contribution in [1.82, 2.24) is 40.2 Å². The van der Waals surface area contributed by atoms with Gasteiger partial charge in [0, 0.05) is 29.2 Å². The number of hydrogen-bond acceptors (Lipinski definition) is 14. The highest BCUT2D eigenvalue weighted by Crippen LogP contribution is 2.36. The number of nitrogens with two attached hydrogens (primary N) is 1. The first-order valence-electron chi connectivity index (χ1n) is 14.5. The maximum atomic E-state index is 13.0. The lowest BCUT2D eigenvalue weighted by atomic mass is 10.2. The Kier molecular flexibility index (Phi) is 10.4. The number of aromatic nitrogens is 8. The normalized spacial score (nSPS) is 10.8. The average molecular weight is 732 g/mol. The number of nitrogens with zero attached hydrogens (tertiary/aromatic N) is 8. The molecule has 4 aromatic heterocycles. The van der Waals surface area contributed by atoms with Crippen molar-refractivity contribution in [3.05, 3.63) is 115 Å². The highest BCUT2D eigenvalue weighted by atomic mass is 35.5. The minimum atomic E-state index is -4.64. The van der Waals surface area contributed by atoms with Gasteiger partial charge in [0.2, 0.25) is 36.2 Å². The number of benzene rings is 3. The molecule has 2 amide bonds. The molecule has 16 nitrogen and oxygen atoms in total. The molecule has 0 bridgehead atoms. The fourth-order valence-corrected chi connectivity index (χ4v) is 4.32. The summed E-state index contributed by atoms with van der Waals surface area (Å²) in [4.78, 5) is 36.0. The Hall–Kier alpha value is -7.15. The first kappa shape index (κ1) is 34.7. The third-order valence-corrected chi connectivity index (χ3v) is 6.76. The summed E-state index contributed by atoms with van der Waals surface area (Å²) in [7, 11) is 0. The summed E-state index contributed by atoms with van der Waals surface area (Å²) in [6, 6.07) is 18.7. The molecule has 0 aliphatic rings. The second kappa shape index (κ2) is 15.6. The Balaban J connectivity index is 0.000000206. The predicted octanol–water partition coefficient (Wildman–Crippen LogP) is 7.54. The molecule has 52 heavy (non-hydrogen) atoms. The molecule has 0 saturated carbocycles. The maximum absolute atomic E-state index is 13.0. The van der Waals surface area contributed by atoms with Gasteiger partial charge in [0.25, 0.3) is 0 Å². The topological polar surface area (TPSA) is 215 Å². The second-order valence-electron chi connectivity index (χ2n) is 10.1. The Bertz CT molecular complexity index is 2240. The van der Waals surface area contributed by atoms with E-state index in [0.29, 0.717) is 46.0 Å². The van der Waals surface area contributed by atoms with E-state index in [1.54, 1.807) is 54.6 Å². The number of hydrogen-bond donors (Lipinski definition) is 3. The molecule has 3 aromatic carbocycles. The number of carbonyl (C=O) groups is 1. The number of amides is 2. The third-order valence-electron chi connectivity index (χ3n) is 6.43. The number of nitrogens with one attached hydrogen (secondary N) is 2. The van der Waals surface area contributed by atoms with Crippen molar-refractivity contribution in [3.8, 4) is 46.3 Å². The molecule has 7 rings (SSSR count). The van der Waals surface area contributed by atoms with E-state index in [1.807, 2.05) is 0 Å². The van der Waals surface area contributed by atoms with Gasteiger partial charge in [-0.1, -0.05) is 21.9 Å². The number of ether oxygens (including phenoxy) is 2. The van der Waals surface area contributed by atoms with Crippen LogP contribution >= 0.6 is 11.6 Å². The van der Waals surface area contributed by atoms with E-state index in [1.165, 1.54) is 37.6 Å². The number of urea groups is 1. The number of carbonyl (C=O) groups excluding carboxylic acids is 1. The van der Waals surface area contributed by atoms with Gasteiger partial charge >= 0.3 is 12.2 Å². The zero-order chi connectivity index (χ0) is 36.5. The van der Waals surface area contributed by atoms with E-state index in [0.717, 1.165) is 12.1 Å². The maximum Gasteiger partial charge on any atom is 0.417 e. The number of alkyl halides is 3. The smallest absolute Gasteiger partial charge is 0.417 e. The summed E-state index contributed by atoms with van der Waals surface area (Å²) in [6.45, 7) is 0. The SMILES string of the molecule is Nc1ccc(Oc2cc(-c3ncon3)ncn2)cc1.O=C(Nc1ccc(Oc2cc(-c3ncon3)ncn2)cc1)Nc1ccc(Cl)c(C(F)(F)F)c1. The fraction of sp³-hybridized carbons (Fsp3) is 0.0312. The van der Waals surface area contributed by atoms with E-state index >= 15 is 0 Å². The van der Waals surface area contributed by atoms with Crippen molar-refractivity contribution in [1.29, 1.82) is 0 Å². The van der Waals surface area contributed by atoms with Gasteiger partial charge < -0.3 is 34.9 Å². The van der Waals surface area contributed by atoms with Crippen LogP contribution in [-0.2, 0) is 6.18 Å². The molecule has 0 fully saturated rings. The Morgan fingerprint density at radius 2 is 1.17 bits per heavy atom. The summed E-state index contributed by atoms with van der Waals surface area (Å²) in [6.07, 6.45) is 0.414. The Labute approximate surface area is 294 Å². The highest BCUT2D eigenvalue weighted by molar-refractivity contribution is 6.31. The first-order chi connectivity index (χ1) is 25.1. The van der Waals surface area contributed by atoms with Crippen LogP contribution in [0.25, 0.3) is 23.0 Å². The molecule has 20 heteroatoms. The molecule has 0 atom stereocenters. The lowest BCUT2D eigenvalue weighted by molar-refractivity contribution is -0.137. The van der Waals surface area contributed by atoms with Crippen LogP contribution in [0.5, 0.6) is 23.3 Å². The number of nitrogen functional groups attached to an aromatic ring is 1. The van der Waals surface area contributed by atoms with Crippen LogP contribution in [0, 0.1) is 0 Å². The van der Waals surface area contributed by atoms with Crippen LogP contribution in [0.1, 0.15) is 5.56 Å². The lowest BCUT2D eigenvalue weighted by Crippen LogP contribution is -2.19. The summed E-state index contributed by atoms with van der Waals surface area (Å²) in [5.41, 5.74) is 6.46. The van der Waals surface area contributed by atoms with Gasteiger partial charge in [-0.3, -0.25) is 0 Å². The van der Waals surface area contributed by atoms with Crippen LogP contribution in [-0.4, -0.2) is 46.2 Å². The zero-order valence-electron chi connectivity index (χ0n) is 26.0. The van der Waals surface area contributed by atoms with Gasteiger partial charge in [-0.25, -0.2) is 24.7 Å². The van der Waals surface area contributed by atoms with Crippen LogP contribution in [0.15, 0.2) is 113 Å². The molecule has 0 saturated heterocycles. The molecule has 262 valence electrons. The van der Waals surface area contributed by atoms with Crippen molar-refractivity contribution < 1.29 is 36.5 Å². The summed E-state index contributed by atoms with van der Waals surface area (Å²) in [5, 5.41) is 11.8. The Morgan fingerprint density at radius 1 is 0.673 bits per heavy atom. The van der Waals surface area contributed by atoms with E-state index in [-0.39, 0.29) is 17.4 Å². The Morgan fingerprint density at radius 3 is 1.67 bits per heavy atom. The highest BCUT2D eigenvalue weighted by Gasteiger charge is 2.33. The molecule has 0 aliphatic heterocycles. The zero-order valence-corrected chi connectivity index (χ0v) is 26.8. The molecule has 0 aliphatic carbocycles. The minimum absolute atomic E-state index is 0.0645. The molecule has 0 spiro atoms. The van der Waals surface area contributed by atoms with Gasteiger partial charge in [0.1, 0.15) is 35.5 Å². The largest absolute Gasteiger partial charge is 0.439 e. The minimum Gasteiger partial charge on any atom is -0.439 e. The van der Waals surface area contributed by atoms with Gasteiger partial charge in [-0.2, -0.15) is 23.1 Å². The van der Waals surface area contributed by atoms with Crippen molar-refractivity contribution in [3.63, 3.8) is 0 Å². The van der Waals surface area contributed by atoms with Gasteiger partial charge in [0.15, 0.2) is 0 Å². The van der Waals surface area contributed by atoms with E-state index < -0.39 is 22.8 Å². The van der Waals surface area contributed by atoms with Crippen molar-refractivity contribution >= 4 is 34.7 Å². The fourth-order valence-electron chi connectivity index (χ4n) is 4.10. The third kappa shape index (κ3) is 9.30. The average Bonchev–Trinajstić information content (AvgIpc) is 3.87. The standard InChI is InChI=1S/C20H12ClF3N6O3.C12H9N5O2/c21-15-6-3-12(7-14(15)20(22,23)24)29-19(31)28-11-1-4-13(5-2-11)33-17-8-16(25-9-26-17)18-27-10-32-30-18;13-8-1-3-9(4-2-8)19-11-5-10(14-6-15-11)12-16-7-18-17-12/h1-10H,(H2,28,29,31);1-7H,13H2. The lowest BCUT2D eigenvalue weighted by Gasteiger charge is -2.12.